The highest BCUT2D eigenvalue weighted by Gasteiger charge is 2.22. The van der Waals surface area contributed by atoms with Crippen LogP contribution in [-0.4, -0.2) is 36.2 Å². The molecule has 0 saturated carbocycles. The average molecular weight is 223 g/mol. The number of likely N-dealkylation sites (tertiary alicyclic amines) is 1. The van der Waals surface area contributed by atoms with Crippen molar-refractivity contribution in [2.75, 3.05) is 26.2 Å². The first kappa shape index (κ1) is 11.6. The van der Waals surface area contributed by atoms with Crippen molar-refractivity contribution in [3.63, 3.8) is 0 Å². The lowest BCUT2D eigenvalue weighted by Gasteiger charge is -2.14. The Balaban J connectivity index is 1.67. The maximum Gasteiger partial charge on any atom is 0.150 e. The minimum Gasteiger partial charge on any atom is -0.360 e. The Kier molecular flexibility index (Phi) is 4.36. The molecule has 1 N–H and O–H groups in total. The van der Waals surface area contributed by atoms with E-state index >= 15 is 0 Å². The van der Waals surface area contributed by atoms with Gasteiger partial charge in [0.1, 0.15) is 0 Å². The van der Waals surface area contributed by atoms with Crippen LogP contribution in [0.15, 0.2) is 16.8 Å². The fraction of sp³-hybridized carbons (Fsp3) is 0.750. The maximum atomic E-state index is 5.12. The van der Waals surface area contributed by atoms with Gasteiger partial charge in [0.25, 0.3) is 0 Å². The van der Waals surface area contributed by atoms with Gasteiger partial charge in [-0.3, -0.25) is 4.90 Å². The van der Waals surface area contributed by atoms with Gasteiger partial charge in [-0.25, -0.2) is 0 Å². The molecule has 90 valence electrons. The van der Waals surface area contributed by atoms with E-state index in [0.29, 0.717) is 0 Å². The molecule has 1 fully saturated rings. The Labute approximate surface area is 97.0 Å². The Morgan fingerprint density at radius 3 is 3.31 bits per heavy atom. The van der Waals surface area contributed by atoms with E-state index in [2.05, 4.69) is 22.3 Å². The zero-order valence-corrected chi connectivity index (χ0v) is 9.98. The minimum absolute atomic E-state index is 0.800. The first-order valence-corrected chi connectivity index (χ1v) is 6.21. The van der Waals surface area contributed by atoms with Gasteiger partial charge < -0.3 is 9.84 Å². The van der Waals surface area contributed by atoms with Gasteiger partial charge >= 0.3 is 0 Å². The predicted molar refractivity (Wildman–Crippen MR) is 63.0 cm³/mol. The molecule has 0 aliphatic carbocycles. The highest BCUT2D eigenvalue weighted by Crippen LogP contribution is 2.17. The number of nitrogens with one attached hydrogen (secondary N) is 1. The maximum absolute atomic E-state index is 5.12. The summed E-state index contributed by atoms with van der Waals surface area (Å²) >= 11 is 0. The summed E-state index contributed by atoms with van der Waals surface area (Å²) in [6, 6.07) is 1.95. The molecule has 2 heterocycles. The van der Waals surface area contributed by atoms with Crippen molar-refractivity contribution in [2.24, 2.45) is 5.92 Å². The van der Waals surface area contributed by atoms with Crippen molar-refractivity contribution in [1.82, 2.24) is 15.4 Å². The molecule has 4 heteroatoms. The monoisotopic (exact) mass is 223 g/mol. The van der Waals surface area contributed by atoms with Crippen molar-refractivity contribution in [3.05, 3.63) is 18.0 Å². The van der Waals surface area contributed by atoms with Crippen LogP contribution in [0.2, 0.25) is 0 Å². The second-order valence-electron chi connectivity index (χ2n) is 4.57. The molecule has 16 heavy (non-hydrogen) atoms. The fourth-order valence-corrected chi connectivity index (χ4v) is 2.25. The molecule has 1 aromatic heterocycles. The zero-order valence-electron chi connectivity index (χ0n) is 9.98. The highest BCUT2D eigenvalue weighted by molar-refractivity contribution is 4.93. The third kappa shape index (κ3) is 3.32. The van der Waals surface area contributed by atoms with Gasteiger partial charge in [0.15, 0.2) is 5.76 Å². The molecule has 1 aliphatic heterocycles. The quantitative estimate of drug-likeness (QED) is 0.742. The second-order valence-corrected chi connectivity index (χ2v) is 4.57. The summed E-state index contributed by atoms with van der Waals surface area (Å²) in [6.07, 6.45) is 4.23. The molecule has 0 amide bonds. The Bertz CT molecular complexity index is 286. The Hall–Kier alpha value is -0.870. The average Bonchev–Trinajstić information content (AvgIpc) is 2.91. The fourth-order valence-electron chi connectivity index (χ4n) is 2.25. The van der Waals surface area contributed by atoms with Gasteiger partial charge in [-0.05, 0) is 38.4 Å². The molecule has 1 atom stereocenters. The van der Waals surface area contributed by atoms with Gasteiger partial charge in [0, 0.05) is 12.6 Å². The Morgan fingerprint density at radius 1 is 1.62 bits per heavy atom. The lowest BCUT2D eigenvalue weighted by Crippen LogP contribution is -2.26. The van der Waals surface area contributed by atoms with E-state index in [1.807, 2.05) is 6.07 Å². The van der Waals surface area contributed by atoms with Gasteiger partial charge in [-0.2, -0.15) is 0 Å². The zero-order chi connectivity index (χ0) is 11.2. The van der Waals surface area contributed by atoms with Crippen LogP contribution in [0.25, 0.3) is 0 Å². The summed E-state index contributed by atoms with van der Waals surface area (Å²) in [5.41, 5.74) is 0. The number of rotatable bonds is 6. The van der Waals surface area contributed by atoms with Crippen molar-refractivity contribution in [2.45, 2.75) is 26.3 Å². The van der Waals surface area contributed by atoms with Gasteiger partial charge in [0.05, 0.1) is 12.7 Å². The molecule has 1 unspecified atom stereocenters. The largest absolute Gasteiger partial charge is 0.360 e. The molecule has 2 rings (SSSR count). The van der Waals surface area contributed by atoms with E-state index in [9.17, 15) is 0 Å². The standard InChI is InChI=1S/C12H21N3O/c1-2-5-13-8-11-4-7-15(9-11)10-12-3-6-14-16-12/h3,6,11,13H,2,4-5,7-10H2,1H3. The first-order valence-electron chi connectivity index (χ1n) is 6.21. The van der Waals surface area contributed by atoms with Crippen LogP contribution in [0.4, 0.5) is 0 Å². The summed E-state index contributed by atoms with van der Waals surface area (Å²) in [7, 11) is 0. The molecule has 1 aliphatic rings. The first-order chi connectivity index (χ1) is 7.88. The van der Waals surface area contributed by atoms with Crippen LogP contribution in [-0.2, 0) is 6.54 Å². The predicted octanol–water partition coefficient (Wildman–Crippen LogP) is 1.50. The lowest BCUT2D eigenvalue weighted by molar-refractivity contribution is 0.265. The molecule has 1 saturated heterocycles. The van der Waals surface area contributed by atoms with Crippen LogP contribution in [0.3, 0.4) is 0 Å². The normalized spacial score (nSPS) is 21.7. The summed E-state index contributed by atoms with van der Waals surface area (Å²) in [5.74, 6) is 1.77. The minimum atomic E-state index is 0.800. The molecule has 4 nitrogen and oxygen atoms in total. The number of hydrogen-bond acceptors (Lipinski definition) is 4. The van der Waals surface area contributed by atoms with Crippen molar-refractivity contribution in [1.29, 1.82) is 0 Å². The summed E-state index contributed by atoms with van der Waals surface area (Å²) in [6.45, 7) is 7.76. The summed E-state index contributed by atoms with van der Waals surface area (Å²) in [4.78, 5) is 2.44. The van der Waals surface area contributed by atoms with Gasteiger partial charge in [-0.15, -0.1) is 0 Å². The smallest absolute Gasteiger partial charge is 0.150 e. The third-order valence-electron chi connectivity index (χ3n) is 3.10. The van der Waals surface area contributed by atoms with E-state index in [1.54, 1.807) is 6.20 Å². The summed E-state index contributed by atoms with van der Waals surface area (Å²) < 4.78 is 5.12. The SMILES string of the molecule is CCCNCC1CCN(Cc2ccno2)C1. The third-order valence-corrected chi connectivity index (χ3v) is 3.10. The molecular weight excluding hydrogens is 202 g/mol. The van der Waals surface area contributed by atoms with Crippen LogP contribution >= 0.6 is 0 Å². The number of aromatic nitrogens is 1. The molecular formula is C12H21N3O. The molecule has 1 aromatic rings. The van der Waals surface area contributed by atoms with Crippen molar-refractivity contribution in [3.8, 4) is 0 Å². The van der Waals surface area contributed by atoms with Crippen LogP contribution in [0.5, 0.6) is 0 Å². The highest BCUT2D eigenvalue weighted by atomic mass is 16.5. The van der Waals surface area contributed by atoms with E-state index in [-0.39, 0.29) is 0 Å². The topological polar surface area (TPSA) is 41.3 Å². The van der Waals surface area contributed by atoms with E-state index in [4.69, 9.17) is 4.52 Å². The Morgan fingerprint density at radius 2 is 2.56 bits per heavy atom. The van der Waals surface area contributed by atoms with E-state index < -0.39 is 0 Å². The summed E-state index contributed by atoms with van der Waals surface area (Å²) in [5, 5.41) is 7.22. The van der Waals surface area contributed by atoms with E-state index in [1.165, 1.54) is 25.9 Å². The molecule has 0 aromatic carbocycles. The van der Waals surface area contributed by atoms with Crippen LogP contribution in [0, 0.1) is 5.92 Å². The number of nitrogens with zero attached hydrogens (tertiary/aromatic N) is 2. The van der Waals surface area contributed by atoms with Crippen LogP contribution in [0.1, 0.15) is 25.5 Å². The second kappa shape index (κ2) is 6.01. The molecule has 0 spiro atoms. The van der Waals surface area contributed by atoms with Crippen molar-refractivity contribution >= 4 is 0 Å². The van der Waals surface area contributed by atoms with Gasteiger partial charge in [0.2, 0.25) is 0 Å². The van der Waals surface area contributed by atoms with Crippen molar-refractivity contribution < 1.29 is 4.52 Å². The van der Waals surface area contributed by atoms with Gasteiger partial charge in [-0.1, -0.05) is 12.1 Å². The van der Waals surface area contributed by atoms with E-state index in [0.717, 1.165) is 31.3 Å². The molecule has 0 bridgehead atoms. The van der Waals surface area contributed by atoms with Crippen LogP contribution < -0.4 is 5.32 Å². The number of hydrogen-bond donors (Lipinski definition) is 1. The lowest BCUT2D eigenvalue weighted by atomic mass is 10.1. The molecule has 0 radical (unpaired) electrons.